The van der Waals surface area contributed by atoms with Crippen LogP contribution in [0.4, 0.5) is 0 Å². The van der Waals surface area contributed by atoms with Crippen LogP contribution in [0.3, 0.4) is 0 Å². The van der Waals surface area contributed by atoms with Gasteiger partial charge in [0.25, 0.3) is 0 Å². The van der Waals surface area contributed by atoms with Crippen molar-refractivity contribution < 1.29 is 18.3 Å². The number of nitrogens with zero attached hydrogens (tertiary/aromatic N) is 3. The third-order valence-electron chi connectivity index (χ3n) is 16.1. The molecule has 0 N–H and O–H groups in total. The third kappa shape index (κ3) is 6.78. The molecule has 1 spiro atoms. The van der Waals surface area contributed by atoms with Crippen molar-refractivity contribution in [3.63, 3.8) is 0 Å². The Balaban J connectivity index is 1.44. The molecule has 9 heteroatoms. The van der Waals surface area contributed by atoms with Crippen LogP contribution in [0.2, 0.25) is 36.3 Å². The lowest BCUT2D eigenvalue weighted by Crippen LogP contribution is -2.55. The maximum Gasteiger partial charge on any atom is 0.192 e. The van der Waals surface area contributed by atoms with Crippen molar-refractivity contribution in [3.8, 4) is 0 Å². The predicted molar refractivity (Wildman–Crippen MR) is 202 cm³/mol. The van der Waals surface area contributed by atoms with Crippen molar-refractivity contribution in [2.24, 2.45) is 57.4 Å². The third-order valence-corrected chi connectivity index (χ3v) is 25.1. The lowest BCUT2D eigenvalue weighted by Gasteiger charge is -2.58. The van der Waals surface area contributed by atoms with Gasteiger partial charge < -0.3 is 18.3 Å². The Morgan fingerprint density at radius 2 is 1.50 bits per heavy atom. The van der Waals surface area contributed by atoms with Crippen molar-refractivity contribution in [2.45, 2.75) is 175 Å². The molecular weight excluding hydrogens is 631 g/mol. The lowest BCUT2D eigenvalue weighted by atomic mass is 9.48. The van der Waals surface area contributed by atoms with E-state index in [1.54, 1.807) is 0 Å². The van der Waals surface area contributed by atoms with Crippen LogP contribution in [0, 0.1) is 52.3 Å². The number of hydrogen-bond donors (Lipinski definition) is 0. The fourth-order valence-electron chi connectivity index (χ4n) is 10.9. The van der Waals surface area contributed by atoms with E-state index in [9.17, 15) is 5.53 Å². The summed E-state index contributed by atoms with van der Waals surface area (Å²) in [5.74, 6) is 2.80. The molecule has 2 heterocycles. The van der Waals surface area contributed by atoms with E-state index in [2.05, 4.69) is 105 Å². The first-order valence-corrected chi connectivity index (χ1v) is 25.5. The van der Waals surface area contributed by atoms with Crippen LogP contribution in [-0.4, -0.2) is 54.4 Å². The molecule has 0 radical (unpaired) electrons. The van der Waals surface area contributed by atoms with Crippen molar-refractivity contribution in [1.82, 2.24) is 0 Å². The van der Waals surface area contributed by atoms with Crippen LogP contribution in [0.1, 0.15) is 121 Å². The average Bonchev–Trinajstić information content (AvgIpc) is 3.42. The van der Waals surface area contributed by atoms with Gasteiger partial charge in [0.1, 0.15) is 0 Å². The van der Waals surface area contributed by atoms with Gasteiger partial charge in [-0.2, -0.15) is 0 Å². The lowest BCUT2D eigenvalue weighted by molar-refractivity contribution is -0.272. The molecule has 5 fully saturated rings. The minimum atomic E-state index is -1.95. The fourth-order valence-corrected chi connectivity index (χ4v) is 13.3. The summed E-state index contributed by atoms with van der Waals surface area (Å²) in [5.41, 5.74) is 9.92. The normalized spacial score (nSPS) is 43.9. The first kappa shape index (κ1) is 38.8. The molecular formula is C39H73N3O4Si2. The highest BCUT2D eigenvalue weighted by Gasteiger charge is 2.68. The molecule has 48 heavy (non-hydrogen) atoms. The van der Waals surface area contributed by atoms with Gasteiger partial charge in [-0.3, -0.25) is 0 Å². The van der Waals surface area contributed by atoms with E-state index in [0.29, 0.717) is 48.0 Å². The Bertz CT molecular complexity index is 1200. The largest absolute Gasteiger partial charge is 0.417 e. The number of rotatable bonds is 8. The number of ether oxygens (including phenoxy) is 2. The molecule has 5 rings (SSSR count). The van der Waals surface area contributed by atoms with Gasteiger partial charge in [-0.25, -0.2) is 0 Å². The molecule has 2 aliphatic heterocycles. The molecule has 7 nitrogen and oxygen atoms in total. The predicted octanol–water partition coefficient (Wildman–Crippen LogP) is 11.4. The van der Waals surface area contributed by atoms with E-state index in [1.165, 1.54) is 19.3 Å². The molecule has 276 valence electrons. The number of azide groups is 1. The average molecular weight is 704 g/mol. The van der Waals surface area contributed by atoms with E-state index in [1.807, 2.05) is 0 Å². The summed E-state index contributed by atoms with van der Waals surface area (Å²) >= 11 is 0. The van der Waals surface area contributed by atoms with Gasteiger partial charge in [0.05, 0.1) is 12.7 Å². The summed E-state index contributed by atoms with van der Waals surface area (Å²) in [4.78, 5) is 3.36. The van der Waals surface area contributed by atoms with Gasteiger partial charge in [0, 0.05) is 36.5 Å². The second-order valence-electron chi connectivity index (χ2n) is 20.9. The van der Waals surface area contributed by atoms with E-state index >= 15 is 0 Å². The summed E-state index contributed by atoms with van der Waals surface area (Å²) in [6.07, 6.45) is 9.49. The van der Waals surface area contributed by atoms with E-state index < -0.39 is 22.4 Å². The monoisotopic (exact) mass is 704 g/mol. The summed E-state index contributed by atoms with van der Waals surface area (Å²) in [6, 6.07) is 0. The molecule has 0 amide bonds. The van der Waals surface area contributed by atoms with E-state index in [0.717, 1.165) is 45.3 Å². The Kier molecular flexibility index (Phi) is 10.7. The maximum atomic E-state index is 9.65. The summed E-state index contributed by atoms with van der Waals surface area (Å²) in [6.45, 7) is 35.8. The first-order chi connectivity index (χ1) is 22.0. The molecule has 3 saturated carbocycles. The topological polar surface area (TPSA) is 85.7 Å². The van der Waals surface area contributed by atoms with Crippen molar-refractivity contribution in [2.75, 3.05) is 19.8 Å². The Hall–Kier alpha value is -0.416. The van der Waals surface area contributed by atoms with Gasteiger partial charge >= 0.3 is 0 Å². The molecule has 0 aromatic heterocycles. The SMILES string of the molecule is CC1CC[C@@]2(OC1)O[C@H]1C[C@H]3[C@H](CN=[N+]=[N-])[C@@H]([C@@]4(C)CCC(O[Si](C)(C)C(C)(C)C)C[C@@H]4CO[Si](C)(C)C(C)(C)C)CC[C@]3(C)[C@H]1[C@@H]2C. The Morgan fingerprint density at radius 1 is 0.854 bits per heavy atom. The highest BCUT2D eigenvalue weighted by atomic mass is 28.4. The van der Waals surface area contributed by atoms with E-state index in [4.69, 9.17) is 18.3 Å². The van der Waals surface area contributed by atoms with Crippen molar-refractivity contribution in [1.29, 1.82) is 0 Å². The molecule has 12 atom stereocenters. The molecule has 0 aromatic carbocycles. The van der Waals surface area contributed by atoms with E-state index in [-0.39, 0.29) is 33.1 Å². The highest BCUT2D eigenvalue weighted by molar-refractivity contribution is 6.74. The minimum Gasteiger partial charge on any atom is -0.417 e. The maximum absolute atomic E-state index is 9.65. The minimum absolute atomic E-state index is 0.0979. The number of hydrogen-bond acceptors (Lipinski definition) is 5. The Labute approximate surface area is 296 Å². The summed E-state index contributed by atoms with van der Waals surface area (Å²) in [5, 5.41) is 4.73. The van der Waals surface area contributed by atoms with Gasteiger partial charge in [-0.15, -0.1) is 0 Å². The second kappa shape index (κ2) is 13.2. The molecule has 2 unspecified atom stereocenters. The Morgan fingerprint density at radius 3 is 2.08 bits per heavy atom. The zero-order valence-corrected chi connectivity index (χ0v) is 35.4. The van der Waals surface area contributed by atoms with Crippen molar-refractivity contribution in [3.05, 3.63) is 10.4 Å². The molecule has 0 aromatic rings. The summed E-state index contributed by atoms with van der Waals surface area (Å²) < 4.78 is 27.9. The first-order valence-electron chi connectivity index (χ1n) is 19.7. The zero-order chi connectivity index (χ0) is 35.7. The standard InChI is InChI=1S/C39H73N3O4Si2/c1-26-15-20-39(43-24-26)27(2)34-33(45-39)22-32-30(23-41-42-40)31(17-19-38(32,34)10)37(9)18-16-29(46-48(13,14)36(6,7)8)21-28(37)25-44-47(11,12)35(3,4)5/h26-34H,15-25H2,1-14H3/t26?,27-,28+,29?,30+,31-,32-,33-,34-,37-,38-,39+/m0/s1. The summed E-state index contributed by atoms with van der Waals surface area (Å²) in [7, 11) is -3.85. The molecule has 0 bridgehead atoms. The zero-order valence-electron chi connectivity index (χ0n) is 33.4. The van der Waals surface area contributed by atoms with Crippen molar-refractivity contribution >= 4 is 16.6 Å². The van der Waals surface area contributed by atoms with Gasteiger partial charge in [0.15, 0.2) is 22.4 Å². The molecule has 5 aliphatic rings. The van der Waals surface area contributed by atoms with Crippen LogP contribution in [-0.2, 0) is 18.3 Å². The quantitative estimate of drug-likeness (QED) is 0.109. The van der Waals surface area contributed by atoms with Crippen LogP contribution < -0.4 is 0 Å². The van der Waals surface area contributed by atoms with Crippen LogP contribution in [0.25, 0.3) is 10.4 Å². The van der Waals surface area contributed by atoms with Crippen LogP contribution in [0.15, 0.2) is 5.11 Å². The second-order valence-corrected chi connectivity index (χ2v) is 30.4. The van der Waals surface area contributed by atoms with Gasteiger partial charge in [0.2, 0.25) is 0 Å². The molecule has 2 saturated heterocycles. The highest BCUT2D eigenvalue weighted by Crippen LogP contribution is 2.69. The van der Waals surface area contributed by atoms with Crippen LogP contribution >= 0.6 is 0 Å². The fraction of sp³-hybridized carbons (Fsp3) is 1.00. The van der Waals surface area contributed by atoms with Gasteiger partial charge in [-0.1, -0.05) is 74.4 Å². The smallest absolute Gasteiger partial charge is 0.192 e. The van der Waals surface area contributed by atoms with Gasteiger partial charge in [-0.05, 0) is 133 Å². The number of fused-ring (bicyclic) bond motifs is 3. The molecule has 3 aliphatic carbocycles. The van der Waals surface area contributed by atoms with Crippen LogP contribution in [0.5, 0.6) is 0 Å².